The first-order valence-corrected chi connectivity index (χ1v) is 12.3. The number of ether oxygens (including phenoxy) is 1. The van der Waals surface area contributed by atoms with Crippen molar-refractivity contribution >= 4 is 28.2 Å². The van der Waals surface area contributed by atoms with Gasteiger partial charge in [0.05, 0.1) is 25.1 Å². The van der Waals surface area contributed by atoms with Crippen molar-refractivity contribution in [2.45, 2.75) is 58.5 Å². The predicted octanol–water partition coefficient (Wildman–Crippen LogP) is 4.14. The molecule has 32 heavy (non-hydrogen) atoms. The fourth-order valence-corrected chi connectivity index (χ4v) is 6.17. The normalized spacial score (nSPS) is 14.7. The lowest BCUT2D eigenvalue weighted by Gasteiger charge is -2.12. The van der Waals surface area contributed by atoms with Crippen LogP contribution in [0.4, 0.5) is 5.00 Å². The van der Waals surface area contributed by atoms with E-state index in [0.717, 1.165) is 61.9 Å². The number of nitrogens with zero attached hydrogens (tertiary/aromatic N) is 2. The molecule has 5 rings (SSSR count). The fraction of sp³-hybridized carbons (Fsp3) is 0.400. The molecule has 3 heterocycles. The highest BCUT2D eigenvalue weighted by Crippen LogP contribution is 2.38. The number of hydrogen-bond donors (Lipinski definition) is 1. The second-order valence-corrected chi connectivity index (χ2v) is 9.47. The van der Waals surface area contributed by atoms with Gasteiger partial charge in [0.15, 0.2) is 12.2 Å². The minimum Gasteiger partial charge on any atom is -0.462 e. The smallest absolute Gasteiger partial charge is 0.341 e. The van der Waals surface area contributed by atoms with Crippen molar-refractivity contribution in [2.24, 2.45) is 0 Å². The molecule has 0 fully saturated rings. The molecule has 1 aliphatic carbocycles. The van der Waals surface area contributed by atoms with E-state index in [4.69, 9.17) is 4.74 Å². The molecule has 3 aromatic rings. The van der Waals surface area contributed by atoms with E-state index >= 15 is 0 Å². The number of nitrogens with one attached hydrogen (secondary N) is 1. The molecule has 166 valence electrons. The first-order chi connectivity index (χ1) is 15.7. The Kier molecular flexibility index (Phi) is 5.83. The number of rotatable bonds is 6. The summed E-state index contributed by atoms with van der Waals surface area (Å²) in [5.41, 5.74) is 3.94. The number of hydrogen-bond acceptors (Lipinski definition) is 4. The number of aromatic nitrogens is 2. The van der Waals surface area contributed by atoms with E-state index in [2.05, 4.69) is 32.8 Å². The molecule has 1 aliphatic heterocycles. The molecule has 1 amide bonds. The SMILES string of the molecule is CCOC(=O)c1c(NC(=O)C[n+]2cc(-c3ccccc3)n3c2CCC3)sc2c1CCCC2. The van der Waals surface area contributed by atoms with Crippen LogP contribution in [0.15, 0.2) is 36.5 Å². The Labute approximate surface area is 191 Å². The molecule has 0 saturated carbocycles. The first-order valence-electron chi connectivity index (χ1n) is 11.4. The molecule has 0 atom stereocenters. The van der Waals surface area contributed by atoms with Crippen molar-refractivity contribution in [3.05, 3.63) is 58.4 Å². The molecular formula is C25H28N3O3S+. The van der Waals surface area contributed by atoms with Crippen LogP contribution in [0.2, 0.25) is 0 Å². The Hall–Kier alpha value is -2.93. The second kappa shape index (κ2) is 8.90. The van der Waals surface area contributed by atoms with Crippen molar-refractivity contribution in [3.63, 3.8) is 0 Å². The van der Waals surface area contributed by atoms with Crippen molar-refractivity contribution in [2.75, 3.05) is 11.9 Å². The summed E-state index contributed by atoms with van der Waals surface area (Å²) in [5, 5.41) is 3.68. The number of anilines is 1. The largest absolute Gasteiger partial charge is 0.462 e. The van der Waals surface area contributed by atoms with E-state index in [1.807, 2.05) is 25.1 Å². The number of fused-ring (bicyclic) bond motifs is 2. The lowest BCUT2D eigenvalue weighted by atomic mass is 9.95. The van der Waals surface area contributed by atoms with Crippen LogP contribution in [0.3, 0.4) is 0 Å². The Morgan fingerprint density at radius 1 is 1.12 bits per heavy atom. The third-order valence-electron chi connectivity index (χ3n) is 6.28. The number of amides is 1. The van der Waals surface area contributed by atoms with Crippen LogP contribution in [0.25, 0.3) is 11.3 Å². The summed E-state index contributed by atoms with van der Waals surface area (Å²) in [7, 11) is 0. The zero-order valence-electron chi connectivity index (χ0n) is 18.4. The van der Waals surface area contributed by atoms with E-state index in [0.29, 0.717) is 17.2 Å². The van der Waals surface area contributed by atoms with E-state index in [9.17, 15) is 9.59 Å². The van der Waals surface area contributed by atoms with E-state index in [1.165, 1.54) is 22.0 Å². The summed E-state index contributed by atoms with van der Waals surface area (Å²) >= 11 is 1.54. The molecule has 0 bridgehead atoms. The van der Waals surface area contributed by atoms with Gasteiger partial charge >= 0.3 is 5.97 Å². The highest BCUT2D eigenvalue weighted by Gasteiger charge is 2.31. The highest BCUT2D eigenvalue weighted by molar-refractivity contribution is 7.17. The summed E-state index contributed by atoms with van der Waals surface area (Å²) in [5.74, 6) is 0.736. The summed E-state index contributed by atoms with van der Waals surface area (Å²) in [6.45, 7) is 3.33. The maximum absolute atomic E-state index is 13.1. The average Bonchev–Trinajstić information content (AvgIpc) is 3.49. The zero-order chi connectivity index (χ0) is 22.1. The fourth-order valence-electron chi connectivity index (χ4n) is 4.88. The summed E-state index contributed by atoms with van der Waals surface area (Å²) < 4.78 is 9.69. The van der Waals surface area contributed by atoms with Gasteiger partial charge in [0.2, 0.25) is 0 Å². The molecule has 0 spiro atoms. The third kappa shape index (κ3) is 3.86. The number of esters is 1. The van der Waals surface area contributed by atoms with Gasteiger partial charge in [0.25, 0.3) is 11.7 Å². The monoisotopic (exact) mass is 450 g/mol. The van der Waals surface area contributed by atoms with Crippen LogP contribution in [0.5, 0.6) is 0 Å². The van der Waals surface area contributed by atoms with E-state index < -0.39 is 0 Å². The quantitative estimate of drug-likeness (QED) is 0.453. The van der Waals surface area contributed by atoms with Crippen LogP contribution in [0.1, 0.15) is 52.8 Å². The maximum Gasteiger partial charge on any atom is 0.341 e. The Balaban J connectivity index is 1.41. The topological polar surface area (TPSA) is 64.2 Å². The van der Waals surface area contributed by atoms with Crippen LogP contribution in [-0.4, -0.2) is 23.1 Å². The highest BCUT2D eigenvalue weighted by atomic mass is 32.1. The number of benzene rings is 1. The van der Waals surface area contributed by atoms with Gasteiger partial charge in [0, 0.05) is 10.4 Å². The number of carbonyl (C=O) groups is 2. The minimum atomic E-state index is -0.328. The van der Waals surface area contributed by atoms with Gasteiger partial charge < -0.3 is 10.1 Å². The van der Waals surface area contributed by atoms with Crippen LogP contribution < -0.4 is 9.88 Å². The molecule has 0 radical (unpaired) electrons. The molecule has 1 aromatic carbocycles. The number of carbonyl (C=O) groups excluding carboxylic acids is 2. The maximum atomic E-state index is 13.1. The van der Waals surface area contributed by atoms with Gasteiger partial charge in [-0.15, -0.1) is 11.3 Å². The summed E-state index contributed by atoms with van der Waals surface area (Å²) in [4.78, 5) is 27.0. The van der Waals surface area contributed by atoms with Gasteiger partial charge in [-0.2, -0.15) is 0 Å². The Morgan fingerprint density at radius 2 is 1.94 bits per heavy atom. The Bertz CT molecular complexity index is 1160. The predicted molar refractivity (Wildman–Crippen MR) is 124 cm³/mol. The van der Waals surface area contributed by atoms with Crippen molar-refractivity contribution in [3.8, 4) is 11.3 Å². The standard InChI is InChI=1S/C25H27N3O3S/c1-2-31-25(30)23-18-11-6-7-12-20(18)32-24(23)26-21(29)16-27-15-19(17-9-4-3-5-10-17)28-14-8-13-22(27)28/h3-5,9-10,15H,2,6-8,11-14,16H2,1H3/p+1. The number of thiophene rings is 1. The number of aryl methyl sites for hydroxylation is 1. The van der Waals surface area contributed by atoms with Crippen molar-refractivity contribution in [1.82, 2.24) is 4.57 Å². The van der Waals surface area contributed by atoms with Crippen molar-refractivity contribution < 1.29 is 18.9 Å². The first kappa shape index (κ1) is 20.9. The minimum absolute atomic E-state index is 0.112. The van der Waals surface area contributed by atoms with Gasteiger partial charge in [-0.05, 0) is 44.6 Å². The molecule has 6 nitrogen and oxygen atoms in total. The third-order valence-corrected chi connectivity index (χ3v) is 7.49. The van der Waals surface area contributed by atoms with Gasteiger partial charge in [-0.1, -0.05) is 30.3 Å². The lowest BCUT2D eigenvalue weighted by Crippen LogP contribution is -2.42. The zero-order valence-corrected chi connectivity index (χ0v) is 19.2. The van der Waals surface area contributed by atoms with Crippen LogP contribution >= 0.6 is 11.3 Å². The molecule has 2 aromatic heterocycles. The van der Waals surface area contributed by atoms with Crippen LogP contribution in [0, 0.1) is 0 Å². The summed E-state index contributed by atoms with van der Waals surface area (Å²) in [6.07, 6.45) is 8.15. The van der Waals surface area contributed by atoms with Crippen molar-refractivity contribution in [1.29, 1.82) is 0 Å². The average molecular weight is 451 g/mol. The number of imidazole rings is 1. The molecule has 7 heteroatoms. The van der Waals surface area contributed by atoms with Gasteiger partial charge in [-0.3, -0.25) is 4.79 Å². The molecule has 1 N–H and O–H groups in total. The van der Waals surface area contributed by atoms with E-state index in [-0.39, 0.29) is 18.4 Å². The second-order valence-electron chi connectivity index (χ2n) is 8.36. The lowest BCUT2D eigenvalue weighted by molar-refractivity contribution is -0.690. The van der Waals surface area contributed by atoms with E-state index in [1.54, 1.807) is 0 Å². The molecule has 0 saturated heterocycles. The molecule has 2 aliphatic rings. The molecule has 0 unspecified atom stereocenters. The molecular weight excluding hydrogens is 422 g/mol. The van der Waals surface area contributed by atoms with Gasteiger partial charge in [-0.25, -0.2) is 13.9 Å². The summed E-state index contributed by atoms with van der Waals surface area (Å²) in [6, 6.07) is 10.3. The van der Waals surface area contributed by atoms with Crippen LogP contribution in [-0.2, 0) is 41.9 Å². The Morgan fingerprint density at radius 3 is 2.75 bits per heavy atom. The van der Waals surface area contributed by atoms with Gasteiger partial charge in [0.1, 0.15) is 11.2 Å².